The first-order valence-electron chi connectivity index (χ1n) is 5.48. The van der Waals surface area contributed by atoms with E-state index in [-0.39, 0.29) is 5.91 Å². The molecule has 3 nitrogen and oxygen atoms in total. The number of nitrogens with one attached hydrogen (secondary N) is 1. The van der Waals surface area contributed by atoms with Crippen LogP contribution in [0.25, 0.3) is 0 Å². The van der Waals surface area contributed by atoms with E-state index in [4.69, 9.17) is 5.73 Å². The molecule has 0 atom stereocenters. The van der Waals surface area contributed by atoms with Gasteiger partial charge in [0.25, 0.3) is 0 Å². The quantitative estimate of drug-likeness (QED) is 0.888. The number of halogens is 1. The van der Waals surface area contributed by atoms with Gasteiger partial charge >= 0.3 is 0 Å². The number of amides is 1. The molecule has 2 aromatic rings. The maximum atomic E-state index is 11.0. The fraction of sp³-hybridized carbons (Fsp3) is 0.154. The molecule has 0 radical (unpaired) electrons. The molecule has 0 fully saturated rings. The highest BCUT2D eigenvalue weighted by molar-refractivity contribution is 9.10. The standard InChI is InChI=1S/C13H13BrN2OS/c14-12-4-2-1-3-9(12)6-16-7-11-5-10(8-18-11)13(15)17/h1-5,8,16H,6-7H2,(H2,15,17). The van der Waals surface area contributed by atoms with Gasteiger partial charge in [-0.15, -0.1) is 11.3 Å². The van der Waals surface area contributed by atoms with Gasteiger partial charge in [-0.25, -0.2) is 0 Å². The molecule has 0 aliphatic rings. The molecule has 5 heteroatoms. The van der Waals surface area contributed by atoms with Crippen LogP contribution in [0.4, 0.5) is 0 Å². The lowest BCUT2D eigenvalue weighted by Crippen LogP contribution is -2.12. The van der Waals surface area contributed by atoms with Crippen molar-refractivity contribution in [3.8, 4) is 0 Å². The van der Waals surface area contributed by atoms with Crippen molar-refractivity contribution in [1.82, 2.24) is 5.32 Å². The Kier molecular flexibility index (Phi) is 4.52. The van der Waals surface area contributed by atoms with Gasteiger partial charge in [0, 0.05) is 27.8 Å². The summed E-state index contributed by atoms with van der Waals surface area (Å²) in [7, 11) is 0. The number of primary amides is 1. The lowest BCUT2D eigenvalue weighted by Gasteiger charge is -2.05. The topological polar surface area (TPSA) is 55.1 Å². The number of carbonyl (C=O) groups is 1. The van der Waals surface area contributed by atoms with E-state index in [1.54, 1.807) is 16.7 Å². The fourth-order valence-corrected chi connectivity index (χ4v) is 2.83. The fourth-order valence-electron chi connectivity index (χ4n) is 1.56. The number of thiophene rings is 1. The first kappa shape index (κ1) is 13.3. The summed E-state index contributed by atoms with van der Waals surface area (Å²) >= 11 is 5.05. The molecule has 1 amide bonds. The van der Waals surface area contributed by atoms with Gasteiger partial charge in [-0.2, -0.15) is 0 Å². The Bertz CT molecular complexity index is 553. The van der Waals surface area contributed by atoms with Crippen LogP contribution in [0, 0.1) is 0 Å². The summed E-state index contributed by atoms with van der Waals surface area (Å²) in [5.41, 5.74) is 7.00. The number of benzene rings is 1. The Morgan fingerprint density at radius 2 is 2.11 bits per heavy atom. The summed E-state index contributed by atoms with van der Waals surface area (Å²) in [6.07, 6.45) is 0. The normalized spacial score (nSPS) is 10.5. The molecule has 18 heavy (non-hydrogen) atoms. The number of nitrogens with two attached hydrogens (primary N) is 1. The first-order chi connectivity index (χ1) is 8.66. The van der Waals surface area contributed by atoms with Crippen molar-refractivity contribution in [2.45, 2.75) is 13.1 Å². The molecule has 3 N–H and O–H groups in total. The number of carbonyl (C=O) groups excluding carboxylic acids is 1. The Morgan fingerprint density at radius 1 is 1.33 bits per heavy atom. The van der Waals surface area contributed by atoms with Crippen LogP contribution < -0.4 is 11.1 Å². The van der Waals surface area contributed by atoms with E-state index in [2.05, 4.69) is 27.3 Å². The third-order valence-electron chi connectivity index (χ3n) is 2.51. The summed E-state index contributed by atoms with van der Waals surface area (Å²) in [5.74, 6) is -0.372. The molecule has 0 saturated carbocycles. The summed E-state index contributed by atoms with van der Waals surface area (Å²) in [4.78, 5) is 12.1. The molecular weight excluding hydrogens is 312 g/mol. The van der Waals surface area contributed by atoms with Crippen LogP contribution in [0.3, 0.4) is 0 Å². The molecule has 0 aliphatic carbocycles. The van der Waals surface area contributed by atoms with E-state index in [0.717, 1.165) is 22.4 Å². The number of hydrogen-bond donors (Lipinski definition) is 2. The highest BCUT2D eigenvalue weighted by atomic mass is 79.9. The molecule has 1 heterocycles. The zero-order valence-electron chi connectivity index (χ0n) is 9.65. The molecule has 0 bridgehead atoms. The van der Waals surface area contributed by atoms with Gasteiger partial charge in [-0.1, -0.05) is 34.1 Å². The van der Waals surface area contributed by atoms with Gasteiger partial charge in [-0.05, 0) is 17.7 Å². The van der Waals surface area contributed by atoms with Crippen LogP contribution in [0.5, 0.6) is 0 Å². The summed E-state index contributed by atoms with van der Waals surface area (Å²) in [5, 5.41) is 5.13. The lowest BCUT2D eigenvalue weighted by molar-refractivity contribution is 0.100. The smallest absolute Gasteiger partial charge is 0.249 e. The van der Waals surface area contributed by atoms with E-state index in [1.165, 1.54) is 5.56 Å². The Labute approximate surface area is 118 Å². The van der Waals surface area contributed by atoms with Gasteiger partial charge in [0.1, 0.15) is 0 Å². The van der Waals surface area contributed by atoms with Crippen molar-refractivity contribution in [2.75, 3.05) is 0 Å². The van der Waals surface area contributed by atoms with Gasteiger partial charge in [0.05, 0.1) is 5.56 Å². The monoisotopic (exact) mass is 324 g/mol. The van der Waals surface area contributed by atoms with Gasteiger partial charge in [0.15, 0.2) is 0 Å². The third-order valence-corrected chi connectivity index (χ3v) is 4.22. The van der Waals surface area contributed by atoms with Crippen molar-refractivity contribution in [1.29, 1.82) is 0 Å². The van der Waals surface area contributed by atoms with Crippen molar-refractivity contribution in [2.24, 2.45) is 5.73 Å². The van der Waals surface area contributed by atoms with Crippen molar-refractivity contribution in [3.05, 3.63) is 56.2 Å². The van der Waals surface area contributed by atoms with Gasteiger partial charge < -0.3 is 11.1 Å². The summed E-state index contributed by atoms with van der Waals surface area (Å²) in [6, 6.07) is 9.93. The van der Waals surface area contributed by atoms with E-state index in [1.807, 2.05) is 24.3 Å². The van der Waals surface area contributed by atoms with Crippen molar-refractivity contribution in [3.63, 3.8) is 0 Å². The predicted molar refractivity (Wildman–Crippen MR) is 77.5 cm³/mol. The van der Waals surface area contributed by atoms with Crippen LogP contribution in [0.15, 0.2) is 40.2 Å². The zero-order valence-corrected chi connectivity index (χ0v) is 12.1. The largest absolute Gasteiger partial charge is 0.366 e. The van der Waals surface area contributed by atoms with E-state index < -0.39 is 0 Å². The number of rotatable bonds is 5. The van der Waals surface area contributed by atoms with E-state index in [0.29, 0.717) is 5.56 Å². The van der Waals surface area contributed by atoms with Crippen LogP contribution in [0.2, 0.25) is 0 Å². The predicted octanol–water partition coefficient (Wildman–Crippen LogP) is 2.90. The Balaban J connectivity index is 1.88. The first-order valence-corrected chi connectivity index (χ1v) is 7.15. The van der Waals surface area contributed by atoms with E-state index in [9.17, 15) is 4.79 Å². The van der Waals surface area contributed by atoms with Crippen LogP contribution >= 0.6 is 27.3 Å². The van der Waals surface area contributed by atoms with Gasteiger partial charge in [-0.3, -0.25) is 4.79 Å². The molecule has 94 valence electrons. The molecule has 2 rings (SSSR count). The minimum Gasteiger partial charge on any atom is -0.366 e. The molecular formula is C13H13BrN2OS. The molecule has 0 unspecified atom stereocenters. The minimum absolute atomic E-state index is 0.372. The average Bonchev–Trinajstić information content (AvgIpc) is 2.80. The second-order valence-electron chi connectivity index (χ2n) is 3.86. The highest BCUT2D eigenvalue weighted by Gasteiger charge is 2.04. The molecule has 1 aromatic carbocycles. The second kappa shape index (κ2) is 6.13. The molecule has 0 saturated heterocycles. The Hall–Kier alpha value is -1.17. The lowest BCUT2D eigenvalue weighted by atomic mass is 10.2. The highest BCUT2D eigenvalue weighted by Crippen LogP contribution is 2.17. The molecule has 0 aliphatic heterocycles. The SMILES string of the molecule is NC(=O)c1csc(CNCc2ccccc2Br)c1. The third kappa shape index (κ3) is 3.41. The molecule has 1 aromatic heterocycles. The average molecular weight is 325 g/mol. The van der Waals surface area contributed by atoms with E-state index >= 15 is 0 Å². The summed E-state index contributed by atoms with van der Waals surface area (Å²) < 4.78 is 1.10. The Morgan fingerprint density at radius 3 is 2.78 bits per heavy atom. The second-order valence-corrected chi connectivity index (χ2v) is 5.71. The van der Waals surface area contributed by atoms with Crippen LogP contribution in [-0.2, 0) is 13.1 Å². The number of hydrogen-bond acceptors (Lipinski definition) is 3. The van der Waals surface area contributed by atoms with Crippen molar-refractivity contribution < 1.29 is 4.79 Å². The molecule has 0 spiro atoms. The summed E-state index contributed by atoms with van der Waals surface area (Å²) in [6.45, 7) is 1.52. The maximum absolute atomic E-state index is 11.0. The minimum atomic E-state index is -0.372. The zero-order chi connectivity index (χ0) is 13.0. The van der Waals surface area contributed by atoms with Gasteiger partial charge in [0.2, 0.25) is 5.91 Å². The maximum Gasteiger partial charge on any atom is 0.249 e. The van der Waals surface area contributed by atoms with Crippen molar-refractivity contribution >= 4 is 33.2 Å². The van der Waals surface area contributed by atoms with Crippen LogP contribution in [-0.4, -0.2) is 5.91 Å². The van der Waals surface area contributed by atoms with Crippen LogP contribution in [0.1, 0.15) is 20.8 Å².